The summed E-state index contributed by atoms with van der Waals surface area (Å²) in [6.45, 7) is 4.41. The number of H-pyrrole nitrogens is 1. The van der Waals surface area contributed by atoms with Gasteiger partial charge in [-0.15, -0.1) is 0 Å². The molecule has 0 aliphatic heterocycles. The van der Waals surface area contributed by atoms with E-state index in [0.29, 0.717) is 5.92 Å². The van der Waals surface area contributed by atoms with Gasteiger partial charge < -0.3 is 12.4 Å². The van der Waals surface area contributed by atoms with Crippen molar-refractivity contribution in [2.75, 3.05) is 0 Å². The lowest BCUT2D eigenvalue weighted by molar-refractivity contribution is -0.594. The quantitative estimate of drug-likeness (QED) is 0.657. The molecule has 2 rings (SSSR count). The average Bonchev–Trinajstić information content (AvgIpc) is 2.71. The molecular formula is C12H15ClN2. The molecule has 80 valence electrons. The van der Waals surface area contributed by atoms with Crippen molar-refractivity contribution in [1.29, 1.82) is 0 Å². The van der Waals surface area contributed by atoms with Crippen LogP contribution in [-0.4, -0.2) is 4.98 Å². The van der Waals surface area contributed by atoms with Crippen molar-refractivity contribution in [3.8, 4) is 5.69 Å². The van der Waals surface area contributed by atoms with Gasteiger partial charge in [0.2, 0.25) is 6.33 Å². The molecule has 0 saturated carbocycles. The second-order valence-corrected chi connectivity index (χ2v) is 3.77. The minimum Gasteiger partial charge on any atom is -1.00 e. The molecule has 1 aromatic carbocycles. The van der Waals surface area contributed by atoms with E-state index in [4.69, 9.17) is 0 Å². The normalized spacial score (nSPS) is 10.1. The molecule has 0 aliphatic rings. The van der Waals surface area contributed by atoms with Crippen LogP contribution in [0.25, 0.3) is 5.69 Å². The summed E-state index contributed by atoms with van der Waals surface area (Å²) in [7, 11) is 0. The first-order valence-electron chi connectivity index (χ1n) is 4.92. The number of imidazole rings is 1. The third-order valence-corrected chi connectivity index (χ3v) is 2.40. The maximum Gasteiger partial charge on any atom is 0.246 e. The zero-order valence-electron chi connectivity index (χ0n) is 8.94. The van der Waals surface area contributed by atoms with E-state index in [1.807, 2.05) is 18.7 Å². The molecule has 0 aliphatic carbocycles. The summed E-state index contributed by atoms with van der Waals surface area (Å²) in [4.78, 5) is 3.03. The molecule has 0 radical (unpaired) electrons. The topological polar surface area (TPSA) is 19.7 Å². The monoisotopic (exact) mass is 222 g/mol. The van der Waals surface area contributed by atoms with Crippen LogP contribution in [0.4, 0.5) is 0 Å². The Morgan fingerprint density at radius 1 is 1.13 bits per heavy atom. The first kappa shape index (κ1) is 11.8. The maximum atomic E-state index is 3.03. The Morgan fingerprint density at radius 2 is 1.80 bits per heavy atom. The highest BCUT2D eigenvalue weighted by Crippen LogP contribution is 2.14. The number of nitrogens with zero attached hydrogens (tertiary/aromatic N) is 1. The average molecular weight is 223 g/mol. The van der Waals surface area contributed by atoms with Gasteiger partial charge in [0.25, 0.3) is 0 Å². The fourth-order valence-corrected chi connectivity index (χ4v) is 1.48. The van der Waals surface area contributed by atoms with Gasteiger partial charge in [0.05, 0.1) is 0 Å². The summed E-state index contributed by atoms with van der Waals surface area (Å²) < 4.78 is 2.06. The predicted molar refractivity (Wildman–Crippen MR) is 56.4 cm³/mol. The minimum atomic E-state index is 0. The van der Waals surface area contributed by atoms with Crippen LogP contribution in [0, 0.1) is 0 Å². The second kappa shape index (κ2) is 4.99. The number of hydrogen-bond donors (Lipinski definition) is 1. The molecule has 0 amide bonds. The standard InChI is InChI=1S/C12H14N2.ClH/c1-10(2)11-3-5-12(6-4-11)14-8-7-13-9-14;/h3-10H,1-2H3;1H. The fraction of sp³-hybridized carbons (Fsp3) is 0.250. The molecule has 1 aromatic heterocycles. The van der Waals surface area contributed by atoms with Crippen molar-refractivity contribution in [3.05, 3.63) is 48.5 Å². The van der Waals surface area contributed by atoms with Crippen molar-refractivity contribution < 1.29 is 17.0 Å². The van der Waals surface area contributed by atoms with Gasteiger partial charge in [0.15, 0.2) is 0 Å². The van der Waals surface area contributed by atoms with Crippen LogP contribution < -0.4 is 17.0 Å². The van der Waals surface area contributed by atoms with Crippen molar-refractivity contribution in [1.82, 2.24) is 4.98 Å². The van der Waals surface area contributed by atoms with Gasteiger partial charge in [0, 0.05) is 0 Å². The highest BCUT2D eigenvalue weighted by atomic mass is 35.5. The Bertz CT molecular complexity index is 390. The molecule has 2 nitrogen and oxygen atoms in total. The number of hydrogen-bond acceptors (Lipinski definition) is 0. The van der Waals surface area contributed by atoms with Gasteiger partial charge in [0.1, 0.15) is 18.1 Å². The molecule has 1 N–H and O–H groups in total. The Hall–Kier alpha value is -1.28. The van der Waals surface area contributed by atoms with Crippen LogP contribution in [0.15, 0.2) is 43.0 Å². The molecule has 2 aromatic rings. The van der Waals surface area contributed by atoms with E-state index in [-0.39, 0.29) is 12.4 Å². The predicted octanol–water partition coefficient (Wildman–Crippen LogP) is -0.581. The molecule has 0 fully saturated rings. The number of aromatic amines is 1. The van der Waals surface area contributed by atoms with Crippen LogP contribution in [-0.2, 0) is 0 Å². The molecule has 1 heterocycles. The van der Waals surface area contributed by atoms with E-state index in [1.54, 1.807) is 0 Å². The number of aromatic nitrogens is 2. The highest BCUT2D eigenvalue weighted by Gasteiger charge is 2.03. The van der Waals surface area contributed by atoms with Crippen molar-refractivity contribution in [2.24, 2.45) is 0 Å². The van der Waals surface area contributed by atoms with Crippen LogP contribution in [0.1, 0.15) is 25.3 Å². The van der Waals surface area contributed by atoms with E-state index < -0.39 is 0 Å². The van der Waals surface area contributed by atoms with E-state index in [9.17, 15) is 0 Å². The molecule has 0 bridgehead atoms. The third kappa shape index (κ3) is 2.60. The maximum absolute atomic E-state index is 3.03. The summed E-state index contributed by atoms with van der Waals surface area (Å²) in [5, 5.41) is 0. The first-order chi connectivity index (χ1) is 6.77. The SMILES string of the molecule is CC(C)c1ccc(-[n+]2cc[nH]c2)cc1.[Cl-]. The Morgan fingerprint density at radius 3 is 2.27 bits per heavy atom. The molecule has 0 unspecified atom stereocenters. The van der Waals surface area contributed by atoms with Crippen LogP contribution >= 0.6 is 0 Å². The zero-order valence-corrected chi connectivity index (χ0v) is 9.70. The number of nitrogens with one attached hydrogen (secondary N) is 1. The van der Waals surface area contributed by atoms with E-state index >= 15 is 0 Å². The van der Waals surface area contributed by atoms with Crippen LogP contribution in [0.3, 0.4) is 0 Å². The molecule has 0 atom stereocenters. The fourth-order valence-electron chi connectivity index (χ4n) is 1.48. The van der Waals surface area contributed by atoms with Crippen molar-refractivity contribution in [3.63, 3.8) is 0 Å². The van der Waals surface area contributed by atoms with E-state index in [0.717, 1.165) is 0 Å². The largest absolute Gasteiger partial charge is 1.00 e. The zero-order chi connectivity index (χ0) is 9.97. The number of halogens is 1. The van der Waals surface area contributed by atoms with Gasteiger partial charge >= 0.3 is 0 Å². The van der Waals surface area contributed by atoms with Crippen LogP contribution in [0.2, 0.25) is 0 Å². The molecular weight excluding hydrogens is 208 g/mol. The summed E-state index contributed by atoms with van der Waals surface area (Å²) in [6.07, 6.45) is 5.85. The second-order valence-electron chi connectivity index (χ2n) is 3.77. The lowest BCUT2D eigenvalue weighted by Crippen LogP contribution is -3.00. The van der Waals surface area contributed by atoms with Crippen molar-refractivity contribution >= 4 is 0 Å². The minimum absolute atomic E-state index is 0. The number of rotatable bonds is 2. The van der Waals surface area contributed by atoms with Gasteiger partial charge in [-0.25, -0.2) is 9.55 Å². The third-order valence-electron chi connectivity index (χ3n) is 2.40. The van der Waals surface area contributed by atoms with Crippen molar-refractivity contribution in [2.45, 2.75) is 19.8 Å². The summed E-state index contributed by atoms with van der Waals surface area (Å²) in [6, 6.07) is 8.65. The summed E-state index contributed by atoms with van der Waals surface area (Å²) >= 11 is 0. The molecule has 3 heteroatoms. The van der Waals surface area contributed by atoms with Gasteiger partial charge in [-0.3, -0.25) is 0 Å². The van der Waals surface area contributed by atoms with E-state index in [1.165, 1.54) is 11.3 Å². The lowest BCUT2D eigenvalue weighted by Gasteiger charge is -2.04. The Balaban J connectivity index is 0.00000112. The van der Waals surface area contributed by atoms with E-state index in [2.05, 4.69) is 47.7 Å². The highest BCUT2D eigenvalue weighted by molar-refractivity contribution is 5.28. The van der Waals surface area contributed by atoms with Crippen LogP contribution in [0.5, 0.6) is 0 Å². The van der Waals surface area contributed by atoms with Gasteiger partial charge in [-0.2, -0.15) is 0 Å². The lowest BCUT2D eigenvalue weighted by atomic mass is 10.0. The van der Waals surface area contributed by atoms with Gasteiger partial charge in [-0.05, 0) is 23.6 Å². The molecule has 0 saturated heterocycles. The molecule has 15 heavy (non-hydrogen) atoms. The Kier molecular flexibility index (Phi) is 3.92. The molecule has 0 spiro atoms. The summed E-state index contributed by atoms with van der Waals surface area (Å²) in [5.74, 6) is 0.597. The first-order valence-corrected chi connectivity index (χ1v) is 4.92. The number of benzene rings is 1. The Labute approximate surface area is 96.4 Å². The smallest absolute Gasteiger partial charge is 0.246 e. The van der Waals surface area contributed by atoms with Gasteiger partial charge in [-0.1, -0.05) is 26.0 Å². The summed E-state index contributed by atoms with van der Waals surface area (Å²) in [5.41, 5.74) is 2.57.